The van der Waals surface area contributed by atoms with E-state index in [4.69, 9.17) is 15.9 Å². The van der Waals surface area contributed by atoms with Crippen molar-refractivity contribution in [2.24, 2.45) is 0 Å². The smallest absolute Gasteiger partial charge is 0.227 e. The minimum Gasteiger partial charge on any atom is -0.383 e. The van der Waals surface area contributed by atoms with E-state index in [9.17, 15) is 9.59 Å². The fourth-order valence-corrected chi connectivity index (χ4v) is 3.63. The molecule has 2 amide bonds. The summed E-state index contributed by atoms with van der Waals surface area (Å²) < 4.78 is 5.30. The number of amides is 2. The molecule has 1 aliphatic rings. The van der Waals surface area contributed by atoms with Gasteiger partial charge in [-0.3, -0.25) is 15.0 Å². The number of nitrogens with one attached hydrogen (secondary N) is 3. The Bertz CT molecular complexity index is 1170. The number of carbonyl (C=O) groups is 2. The van der Waals surface area contributed by atoms with Crippen LogP contribution in [0.15, 0.2) is 54.9 Å². The van der Waals surface area contributed by atoms with E-state index in [2.05, 4.69) is 20.6 Å². The summed E-state index contributed by atoms with van der Waals surface area (Å²) in [6.07, 6.45) is 2.24. The number of nitrogens with two attached hydrogens (primary N) is 1. The summed E-state index contributed by atoms with van der Waals surface area (Å²) in [4.78, 5) is 33.2. The number of nitrogens with zero attached hydrogens (tertiary/aromatic N) is 3. The number of aromatic nitrogens is 2. The molecule has 174 valence electrons. The van der Waals surface area contributed by atoms with Crippen molar-refractivity contribution in [3.63, 3.8) is 0 Å². The van der Waals surface area contributed by atoms with Crippen LogP contribution in [0.2, 0.25) is 0 Å². The van der Waals surface area contributed by atoms with Crippen molar-refractivity contribution in [2.75, 3.05) is 42.7 Å². The van der Waals surface area contributed by atoms with Gasteiger partial charge in [-0.1, -0.05) is 24.3 Å². The van der Waals surface area contributed by atoms with E-state index < -0.39 is 0 Å². The first-order chi connectivity index (χ1) is 16.5. The molecule has 2 aromatic carbocycles. The van der Waals surface area contributed by atoms with Crippen LogP contribution in [-0.2, 0) is 20.7 Å². The molecule has 1 saturated heterocycles. The highest BCUT2D eigenvalue weighted by molar-refractivity contribution is 6.16. The van der Waals surface area contributed by atoms with Crippen LogP contribution in [0.25, 0.3) is 0 Å². The minimum atomic E-state index is 0.0627. The lowest BCUT2D eigenvalue weighted by Gasteiger charge is -2.26. The number of benzene rings is 2. The highest BCUT2D eigenvalue weighted by Crippen LogP contribution is 2.25. The summed E-state index contributed by atoms with van der Waals surface area (Å²) >= 11 is 0. The van der Waals surface area contributed by atoms with E-state index in [-0.39, 0.29) is 17.4 Å². The molecule has 0 unspecified atom stereocenters. The van der Waals surface area contributed by atoms with Crippen LogP contribution < -0.4 is 16.4 Å². The van der Waals surface area contributed by atoms with Crippen molar-refractivity contribution in [1.82, 2.24) is 14.9 Å². The van der Waals surface area contributed by atoms with Gasteiger partial charge in [0.2, 0.25) is 12.3 Å². The molecule has 0 radical (unpaired) electrons. The molecule has 5 N–H and O–H groups in total. The second-order valence-electron chi connectivity index (χ2n) is 7.69. The maximum Gasteiger partial charge on any atom is 0.227 e. The minimum absolute atomic E-state index is 0.0627. The molecular weight excluding hydrogens is 434 g/mol. The molecule has 10 nitrogen and oxygen atoms in total. The van der Waals surface area contributed by atoms with Gasteiger partial charge in [0.1, 0.15) is 18.0 Å². The fraction of sp³-hybridized carbons (Fsp3) is 0.208. The van der Waals surface area contributed by atoms with Gasteiger partial charge in [0, 0.05) is 30.0 Å². The van der Waals surface area contributed by atoms with Gasteiger partial charge in [0.05, 0.1) is 30.9 Å². The highest BCUT2D eigenvalue weighted by atomic mass is 16.5. The van der Waals surface area contributed by atoms with E-state index in [1.165, 1.54) is 6.33 Å². The highest BCUT2D eigenvalue weighted by Gasteiger charge is 2.19. The van der Waals surface area contributed by atoms with Crippen LogP contribution in [0.1, 0.15) is 16.7 Å². The summed E-state index contributed by atoms with van der Waals surface area (Å²) in [6.45, 7) is 2.36. The largest absolute Gasteiger partial charge is 0.383 e. The predicted octanol–water partition coefficient (Wildman–Crippen LogP) is 2.19. The molecule has 1 fully saturated rings. The van der Waals surface area contributed by atoms with Gasteiger partial charge in [-0.25, -0.2) is 9.97 Å². The normalized spacial score (nSPS) is 13.2. The monoisotopic (exact) mass is 459 g/mol. The maximum atomic E-state index is 12.5. The van der Waals surface area contributed by atoms with Gasteiger partial charge in [-0.05, 0) is 29.8 Å². The first-order valence-electron chi connectivity index (χ1n) is 10.8. The number of morpholine rings is 1. The van der Waals surface area contributed by atoms with Gasteiger partial charge in [0.25, 0.3) is 0 Å². The third-order valence-corrected chi connectivity index (χ3v) is 5.46. The molecule has 34 heavy (non-hydrogen) atoms. The maximum absolute atomic E-state index is 12.5. The Morgan fingerprint density at radius 3 is 2.41 bits per heavy atom. The van der Waals surface area contributed by atoms with Gasteiger partial charge < -0.3 is 26.0 Å². The van der Waals surface area contributed by atoms with Gasteiger partial charge in [0.15, 0.2) is 0 Å². The van der Waals surface area contributed by atoms with Crippen molar-refractivity contribution >= 4 is 41.0 Å². The molecule has 0 aliphatic carbocycles. The van der Waals surface area contributed by atoms with Crippen molar-refractivity contribution in [3.05, 3.63) is 71.5 Å². The van der Waals surface area contributed by atoms with E-state index in [1.54, 1.807) is 41.3 Å². The molecule has 0 spiro atoms. The average Bonchev–Trinajstić information content (AvgIpc) is 2.86. The van der Waals surface area contributed by atoms with Crippen molar-refractivity contribution in [1.29, 1.82) is 5.41 Å². The number of ether oxygens (including phenoxy) is 1. The molecule has 0 saturated carbocycles. The van der Waals surface area contributed by atoms with Gasteiger partial charge in [-0.15, -0.1) is 0 Å². The first-order valence-corrected chi connectivity index (χ1v) is 10.8. The van der Waals surface area contributed by atoms with Crippen LogP contribution >= 0.6 is 0 Å². The number of hydrogen-bond donors (Lipinski definition) is 4. The Hall–Kier alpha value is -4.31. The predicted molar refractivity (Wildman–Crippen MR) is 129 cm³/mol. The molecule has 0 bridgehead atoms. The lowest BCUT2D eigenvalue weighted by atomic mass is 10.0. The Kier molecular flexibility index (Phi) is 7.09. The number of anilines is 4. The average molecular weight is 460 g/mol. The van der Waals surface area contributed by atoms with Crippen molar-refractivity contribution < 1.29 is 14.3 Å². The quantitative estimate of drug-likeness (QED) is 0.298. The second kappa shape index (κ2) is 10.5. The molecule has 1 aromatic heterocycles. The topological polar surface area (TPSA) is 146 Å². The van der Waals surface area contributed by atoms with E-state index in [0.717, 1.165) is 5.56 Å². The summed E-state index contributed by atoms with van der Waals surface area (Å²) in [5.74, 6) is 0.626. The SMILES string of the molecule is N=C(c1ccc(CC(=O)N2CCOCC2)cc1)c1c(N)ncnc1Nc1ccc(NC=O)cc1. The molecule has 0 atom stereocenters. The van der Waals surface area contributed by atoms with Crippen LogP contribution in [0, 0.1) is 5.41 Å². The zero-order chi connectivity index (χ0) is 23.9. The van der Waals surface area contributed by atoms with Crippen LogP contribution in [0.3, 0.4) is 0 Å². The number of hydrogen-bond acceptors (Lipinski definition) is 8. The van der Waals surface area contributed by atoms with Crippen molar-refractivity contribution in [3.8, 4) is 0 Å². The lowest BCUT2D eigenvalue weighted by molar-refractivity contribution is -0.134. The molecule has 1 aliphatic heterocycles. The van der Waals surface area contributed by atoms with E-state index >= 15 is 0 Å². The third-order valence-electron chi connectivity index (χ3n) is 5.46. The fourth-order valence-electron chi connectivity index (χ4n) is 3.63. The molecule has 4 rings (SSSR count). The zero-order valence-corrected chi connectivity index (χ0v) is 18.5. The number of nitrogen functional groups attached to an aromatic ring is 1. The zero-order valence-electron chi connectivity index (χ0n) is 18.5. The standard InChI is InChI=1S/C24H25N7O3/c25-22(17-3-1-16(2-4-17)13-20(33)31-9-11-34-12-10-31)21-23(26)27-14-28-24(21)30-19-7-5-18(6-8-19)29-15-32/h1-8,14-15,25H,9-13H2,(H,29,32)(H3,26,27,28,30). The van der Waals surface area contributed by atoms with Crippen molar-refractivity contribution in [2.45, 2.75) is 6.42 Å². The molecule has 2 heterocycles. The Labute approximate surface area is 196 Å². The summed E-state index contributed by atoms with van der Waals surface area (Å²) in [5, 5.41) is 14.5. The Balaban J connectivity index is 1.50. The van der Waals surface area contributed by atoms with Crippen LogP contribution in [-0.4, -0.2) is 59.2 Å². The number of rotatable bonds is 8. The first kappa shape index (κ1) is 22.9. The summed E-state index contributed by atoms with van der Waals surface area (Å²) in [5.41, 5.74) is 9.50. The van der Waals surface area contributed by atoms with Crippen LogP contribution in [0.4, 0.5) is 23.0 Å². The molecular formula is C24H25N7O3. The third kappa shape index (κ3) is 5.36. The van der Waals surface area contributed by atoms with Gasteiger partial charge in [-0.2, -0.15) is 0 Å². The molecule has 3 aromatic rings. The van der Waals surface area contributed by atoms with Gasteiger partial charge >= 0.3 is 0 Å². The molecule has 10 heteroatoms. The Morgan fingerprint density at radius 2 is 1.74 bits per heavy atom. The lowest BCUT2D eigenvalue weighted by Crippen LogP contribution is -2.41. The number of carbonyl (C=O) groups excluding carboxylic acids is 2. The summed E-state index contributed by atoms with van der Waals surface area (Å²) in [7, 11) is 0. The van der Waals surface area contributed by atoms with Crippen LogP contribution in [0.5, 0.6) is 0 Å². The van der Waals surface area contributed by atoms with E-state index in [0.29, 0.717) is 67.5 Å². The van der Waals surface area contributed by atoms with E-state index in [1.807, 2.05) is 12.1 Å². The summed E-state index contributed by atoms with van der Waals surface area (Å²) in [6, 6.07) is 14.3. The second-order valence-corrected chi connectivity index (χ2v) is 7.69. The Morgan fingerprint density at radius 1 is 1.06 bits per heavy atom.